The molecule has 0 saturated carbocycles. The molecule has 0 unspecified atom stereocenters. The molecule has 2 rings (SSSR count). The number of hydrogen-bond donors (Lipinski definition) is 1. The fourth-order valence-corrected chi connectivity index (χ4v) is 2.01. The van der Waals surface area contributed by atoms with Crippen molar-refractivity contribution in [3.63, 3.8) is 0 Å². The molecule has 1 aromatic rings. The van der Waals surface area contributed by atoms with Crippen molar-refractivity contribution in [1.29, 1.82) is 0 Å². The molecule has 1 saturated heterocycles. The van der Waals surface area contributed by atoms with Crippen LogP contribution in [0.25, 0.3) is 6.08 Å². The molecule has 1 aliphatic heterocycles. The van der Waals surface area contributed by atoms with Gasteiger partial charge in [0, 0.05) is 12.3 Å². The quantitative estimate of drug-likeness (QED) is 0.773. The van der Waals surface area contributed by atoms with Crippen LogP contribution in [0.1, 0.15) is 39.1 Å². The maximum Gasteiger partial charge on any atom is 0.277 e. The highest BCUT2D eigenvalue weighted by atomic mass is 16.3. The molecule has 2 heterocycles. The first-order valence-electron chi connectivity index (χ1n) is 6.48. The lowest BCUT2D eigenvalue weighted by molar-refractivity contribution is -0.147. The van der Waals surface area contributed by atoms with Gasteiger partial charge in [-0.3, -0.25) is 19.3 Å². The van der Waals surface area contributed by atoms with Crippen LogP contribution in [-0.2, 0) is 19.8 Å². The van der Waals surface area contributed by atoms with Crippen LogP contribution in [0.15, 0.2) is 16.5 Å². The summed E-state index contributed by atoms with van der Waals surface area (Å²) in [7, 11) is 0. The van der Waals surface area contributed by atoms with Gasteiger partial charge in [0.15, 0.2) is 6.39 Å². The number of oxazole rings is 1. The standard InChI is InChI=1S/C14H17N3O4/c1-8(18)17-6-11(19)16-10(13(17)20)5-9-12(14(2,3)4)21-7-15-9/h5,7H,6H2,1-4H3,(H,16,19). The second-order valence-corrected chi connectivity index (χ2v) is 5.83. The summed E-state index contributed by atoms with van der Waals surface area (Å²) in [5, 5.41) is 2.47. The SMILES string of the molecule is CC(=O)N1CC(=O)NC(=Cc2ncoc2C(C)(C)C)C1=O. The highest BCUT2D eigenvalue weighted by molar-refractivity contribution is 6.12. The molecule has 1 N–H and O–H groups in total. The minimum absolute atomic E-state index is 0.0147. The van der Waals surface area contributed by atoms with Crippen molar-refractivity contribution >= 4 is 23.8 Å². The topological polar surface area (TPSA) is 92.5 Å². The van der Waals surface area contributed by atoms with Crippen LogP contribution in [0, 0.1) is 0 Å². The van der Waals surface area contributed by atoms with E-state index in [1.807, 2.05) is 20.8 Å². The van der Waals surface area contributed by atoms with E-state index in [1.54, 1.807) is 0 Å². The van der Waals surface area contributed by atoms with E-state index in [4.69, 9.17) is 4.42 Å². The minimum Gasteiger partial charge on any atom is -0.447 e. The van der Waals surface area contributed by atoms with E-state index in [0.717, 1.165) is 4.90 Å². The predicted molar refractivity (Wildman–Crippen MR) is 73.7 cm³/mol. The third kappa shape index (κ3) is 3.01. The lowest BCUT2D eigenvalue weighted by Gasteiger charge is -2.25. The van der Waals surface area contributed by atoms with Crippen molar-refractivity contribution in [2.45, 2.75) is 33.1 Å². The van der Waals surface area contributed by atoms with E-state index in [-0.39, 0.29) is 17.7 Å². The van der Waals surface area contributed by atoms with Crippen LogP contribution >= 0.6 is 0 Å². The van der Waals surface area contributed by atoms with Crippen molar-refractivity contribution in [1.82, 2.24) is 15.2 Å². The van der Waals surface area contributed by atoms with E-state index in [1.165, 1.54) is 19.4 Å². The molecule has 0 bridgehead atoms. The van der Waals surface area contributed by atoms with Gasteiger partial charge in [0.05, 0.1) is 0 Å². The van der Waals surface area contributed by atoms with Crippen molar-refractivity contribution in [3.8, 4) is 0 Å². The summed E-state index contributed by atoms with van der Waals surface area (Å²) >= 11 is 0. The van der Waals surface area contributed by atoms with E-state index in [0.29, 0.717) is 11.5 Å². The maximum absolute atomic E-state index is 12.2. The number of hydrogen-bond acceptors (Lipinski definition) is 5. The number of amides is 3. The third-order valence-corrected chi connectivity index (χ3v) is 2.99. The van der Waals surface area contributed by atoms with Gasteiger partial charge in [0.1, 0.15) is 23.7 Å². The number of rotatable bonds is 1. The van der Waals surface area contributed by atoms with Gasteiger partial charge in [0.2, 0.25) is 11.8 Å². The molecule has 112 valence electrons. The maximum atomic E-state index is 12.2. The van der Waals surface area contributed by atoms with Crippen LogP contribution < -0.4 is 5.32 Å². The molecule has 0 spiro atoms. The summed E-state index contributed by atoms with van der Waals surface area (Å²) in [5.41, 5.74) is 0.169. The molecule has 7 nitrogen and oxygen atoms in total. The molecular weight excluding hydrogens is 274 g/mol. The average molecular weight is 291 g/mol. The Morgan fingerprint density at radius 1 is 1.43 bits per heavy atom. The zero-order chi connectivity index (χ0) is 15.8. The van der Waals surface area contributed by atoms with Crippen LogP contribution in [0.3, 0.4) is 0 Å². The molecule has 1 aromatic heterocycles. The lowest BCUT2D eigenvalue weighted by Crippen LogP contribution is -2.51. The zero-order valence-corrected chi connectivity index (χ0v) is 12.4. The Kier molecular flexibility index (Phi) is 3.67. The monoisotopic (exact) mass is 291 g/mol. The summed E-state index contributed by atoms with van der Waals surface area (Å²) < 4.78 is 5.35. The number of carbonyl (C=O) groups is 3. The molecule has 0 radical (unpaired) electrons. The second-order valence-electron chi connectivity index (χ2n) is 5.83. The lowest BCUT2D eigenvalue weighted by atomic mass is 9.91. The fourth-order valence-electron chi connectivity index (χ4n) is 2.01. The van der Waals surface area contributed by atoms with Crippen LogP contribution in [0.5, 0.6) is 0 Å². The van der Waals surface area contributed by atoms with E-state index < -0.39 is 17.7 Å². The smallest absolute Gasteiger partial charge is 0.277 e. The van der Waals surface area contributed by atoms with Crippen molar-refractivity contribution < 1.29 is 18.8 Å². The number of carbonyl (C=O) groups excluding carboxylic acids is 3. The van der Waals surface area contributed by atoms with Crippen LogP contribution in [0.4, 0.5) is 0 Å². The first-order chi connectivity index (χ1) is 9.70. The van der Waals surface area contributed by atoms with Gasteiger partial charge in [0.25, 0.3) is 5.91 Å². The van der Waals surface area contributed by atoms with E-state index in [9.17, 15) is 14.4 Å². The molecule has 7 heteroatoms. The number of nitrogens with one attached hydrogen (secondary N) is 1. The van der Waals surface area contributed by atoms with Gasteiger partial charge in [-0.05, 0) is 6.08 Å². The molecule has 1 fully saturated rings. The van der Waals surface area contributed by atoms with Gasteiger partial charge in [-0.15, -0.1) is 0 Å². The Morgan fingerprint density at radius 2 is 2.10 bits per heavy atom. The van der Waals surface area contributed by atoms with Gasteiger partial charge < -0.3 is 9.73 Å². The summed E-state index contributed by atoms with van der Waals surface area (Å²) in [6.07, 6.45) is 2.71. The van der Waals surface area contributed by atoms with Crippen molar-refractivity contribution in [2.24, 2.45) is 0 Å². The molecule has 1 aliphatic rings. The first-order valence-corrected chi connectivity index (χ1v) is 6.48. The number of nitrogens with zero attached hydrogens (tertiary/aromatic N) is 2. The molecule has 0 atom stereocenters. The normalized spacial score (nSPS) is 18.1. The molecule has 21 heavy (non-hydrogen) atoms. The highest BCUT2D eigenvalue weighted by Gasteiger charge is 2.31. The number of piperazine rings is 1. The second kappa shape index (κ2) is 5.16. The fraction of sp³-hybridized carbons (Fsp3) is 0.429. The largest absolute Gasteiger partial charge is 0.447 e. The summed E-state index contributed by atoms with van der Waals surface area (Å²) in [5.74, 6) is -0.851. The molecular formula is C14H17N3O4. The van der Waals surface area contributed by atoms with Gasteiger partial charge >= 0.3 is 0 Å². The van der Waals surface area contributed by atoms with Crippen molar-refractivity contribution in [2.75, 3.05) is 6.54 Å². The Hall–Kier alpha value is -2.44. The Morgan fingerprint density at radius 3 is 2.67 bits per heavy atom. The van der Waals surface area contributed by atoms with Gasteiger partial charge in [-0.2, -0.15) is 0 Å². The Labute approximate surface area is 122 Å². The molecule has 0 aromatic carbocycles. The minimum atomic E-state index is -0.551. The number of imide groups is 1. The van der Waals surface area contributed by atoms with E-state index >= 15 is 0 Å². The van der Waals surface area contributed by atoms with Crippen LogP contribution in [0.2, 0.25) is 0 Å². The highest BCUT2D eigenvalue weighted by Crippen LogP contribution is 2.26. The van der Waals surface area contributed by atoms with E-state index in [2.05, 4.69) is 10.3 Å². The number of aromatic nitrogens is 1. The van der Waals surface area contributed by atoms with Gasteiger partial charge in [-0.25, -0.2) is 4.98 Å². The summed E-state index contributed by atoms with van der Waals surface area (Å²) in [6, 6.07) is 0. The molecule has 3 amide bonds. The predicted octanol–water partition coefficient (Wildman–Crippen LogP) is 0.818. The van der Waals surface area contributed by atoms with Crippen molar-refractivity contribution in [3.05, 3.63) is 23.5 Å². The van der Waals surface area contributed by atoms with Gasteiger partial charge in [-0.1, -0.05) is 20.8 Å². The zero-order valence-electron chi connectivity index (χ0n) is 12.4. The summed E-state index contributed by atoms with van der Waals surface area (Å²) in [6.45, 7) is 6.80. The summed E-state index contributed by atoms with van der Waals surface area (Å²) in [4.78, 5) is 40.1. The first kappa shape index (κ1) is 15.0. The Bertz CT molecular complexity index is 637. The average Bonchev–Trinajstić information content (AvgIpc) is 2.81. The Balaban J connectivity index is 2.41. The third-order valence-electron chi connectivity index (χ3n) is 2.99. The molecule has 0 aliphatic carbocycles. The van der Waals surface area contributed by atoms with Crippen LogP contribution in [-0.4, -0.2) is 34.2 Å².